The second-order valence-electron chi connectivity index (χ2n) is 3.89. The van der Waals surface area contributed by atoms with Crippen molar-refractivity contribution in [3.05, 3.63) is 34.6 Å². The zero-order valence-corrected chi connectivity index (χ0v) is 8.23. The molecule has 1 aliphatic rings. The number of rotatable bonds is 1. The Bertz CT molecular complexity index is 536. The van der Waals surface area contributed by atoms with E-state index in [1.165, 1.54) is 0 Å². The van der Waals surface area contributed by atoms with E-state index < -0.39 is 0 Å². The second-order valence-corrected chi connectivity index (χ2v) is 3.89. The van der Waals surface area contributed by atoms with Crippen molar-refractivity contribution in [1.29, 1.82) is 0 Å². The number of H-pyrrole nitrogens is 1. The summed E-state index contributed by atoms with van der Waals surface area (Å²) in [5, 5.41) is 3.29. The molecular formula is C10H12N4O. The summed E-state index contributed by atoms with van der Waals surface area (Å²) in [5.74, 6) is 0.421. The van der Waals surface area contributed by atoms with E-state index in [-0.39, 0.29) is 5.56 Å². The third-order valence-electron chi connectivity index (χ3n) is 2.91. The van der Waals surface area contributed by atoms with Crippen molar-refractivity contribution in [1.82, 2.24) is 19.7 Å². The maximum atomic E-state index is 11.7. The highest BCUT2D eigenvalue weighted by Gasteiger charge is 2.18. The average molecular weight is 204 g/mol. The average Bonchev–Trinajstić information content (AvgIpc) is 2.88. The Balaban J connectivity index is 2.15. The van der Waals surface area contributed by atoms with Gasteiger partial charge in [-0.05, 0) is 13.0 Å². The summed E-state index contributed by atoms with van der Waals surface area (Å²) in [5.41, 5.74) is 1.35. The molecule has 1 aliphatic heterocycles. The van der Waals surface area contributed by atoms with Crippen LogP contribution in [-0.4, -0.2) is 27.5 Å². The van der Waals surface area contributed by atoms with Crippen LogP contribution in [0.15, 0.2) is 23.4 Å². The Hall–Kier alpha value is -1.62. The second kappa shape index (κ2) is 3.20. The van der Waals surface area contributed by atoms with Gasteiger partial charge < -0.3 is 14.7 Å². The fourth-order valence-corrected chi connectivity index (χ4v) is 2.09. The Morgan fingerprint density at radius 3 is 3.27 bits per heavy atom. The summed E-state index contributed by atoms with van der Waals surface area (Å²) in [6.07, 6.45) is 6.48. The lowest BCUT2D eigenvalue weighted by molar-refractivity contribution is 0.722. The monoisotopic (exact) mass is 204 g/mol. The molecule has 0 amide bonds. The molecule has 0 spiro atoms. The Morgan fingerprint density at radius 1 is 1.53 bits per heavy atom. The van der Waals surface area contributed by atoms with Crippen molar-refractivity contribution in [3.8, 4) is 0 Å². The number of nitrogens with one attached hydrogen (secondary N) is 2. The van der Waals surface area contributed by atoms with Crippen LogP contribution in [0.4, 0.5) is 0 Å². The van der Waals surface area contributed by atoms with E-state index >= 15 is 0 Å². The molecule has 2 aromatic rings. The van der Waals surface area contributed by atoms with Gasteiger partial charge in [-0.3, -0.25) is 4.79 Å². The molecule has 0 aliphatic carbocycles. The normalized spacial score (nSPS) is 21.2. The number of nitrogens with zero attached hydrogens (tertiary/aromatic N) is 2. The van der Waals surface area contributed by atoms with Crippen molar-refractivity contribution in [2.24, 2.45) is 0 Å². The molecule has 0 saturated carbocycles. The molecule has 15 heavy (non-hydrogen) atoms. The van der Waals surface area contributed by atoms with E-state index in [2.05, 4.69) is 15.3 Å². The molecule has 3 heterocycles. The first kappa shape index (κ1) is 8.67. The molecule has 1 atom stereocenters. The fraction of sp³-hybridized carbons (Fsp3) is 0.400. The quantitative estimate of drug-likeness (QED) is 0.692. The van der Waals surface area contributed by atoms with Crippen LogP contribution in [0.3, 0.4) is 0 Å². The summed E-state index contributed by atoms with van der Waals surface area (Å²) < 4.78 is 1.78. The minimum absolute atomic E-state index is 0.107. The largest absolute Gasteiger partial charge is 0.321 e. The molecule has 2 aromatic heterocycles. The smallest absolute Gasteiger partial charge is 0.291 e. The van der Waals surface area contributed by atoms with Gasteiger partial charge in [0.2, 0.25) is 5.65 Å². The van der Waals surface area contributed by atoms with Gasteiger partial charge in [-0.15, -0.1) is 0 Å². The van der Waals surface area contributed by atoms with Crippen molar-refractivity contribution in [2.45, 2.75) is 12.3 Å². The maximum absolute atomic E-state index is 11.7. The molecule has 1 fully saturated rings. The first-order chi connectivity index (χ1) is 7.34. The summed E-state index contributed by atoms with van der Waals surface area (Å²) in [6, 6.07) is 0. The van der Waals surface area contributed by atoms with E-state index in [9.17, 15) is 4.79 Å². The lowest BCUT2D eigenvalue weighted by Gasteiger charge is -2.08. The maximum Gasteiger partial charge on any atom is 0.291 e. The lowest BCUT2D eigenvalue weighted by atomic mass is 10.1. The van der Waals surface area contributed by atoms with E-state index in [0.717, 1.165) is 25.2 Å². The molecule has 78 valence electrons. The third kappa shape index (κ3) is 1.35. The highest BCUT2D eigenvalue weighted by molar-refractivity contribution is 5.35. The van der Waals surface area contributed by atoms with Crippen molar-refractivity contribution in [3.63, 3.8) is 0 Å². The van der Waals surface area contributed by atoms with Crippen LogP contribution < -0.4 is 10.9 Å². The van der Waals surface area contributed by atoms with Crippen LogP contribution in [0, 0.1) is 0 Å². The van der Waals surface area contributed by atoms with Crippen LogP contribution in [-0.2, 0) is 0 Å². The minimum atomic E-state index is -0.107. The predicted octanol–water partition coefficient (Wildman–Crippen LogP) is 0.0995. The molecular weight excluding hydrogens is 192 g/mol. The molecule has 1 saturated heterocycles. The summed E-state index contributed by atoms with van der Waals surface area (Å²) in [4.78, 5) is 18.5. The highest BCUT2D eigenvalue weighted by Crippen LogP contribution is 2.18. The standard InChI is InChI=1S/C10H12N4O/c15-10-9-12-3-4-14(9)6-8(13-10)7-1-2-11-5-7/h3-4,6-7,11H,1-2,5H2,(H,13,15). The fourth-order valence-electron chi connectivity index (χ4n) is 2.09. The summed E-state index contributed by atoms with van der Waals surface area (Å²) in [7, 11) is 0. The van der Waals surface area contributed by atoms with E-state index in [1.807, 2.05) is 6.20 Å². The highest BCUT2D eigenvalue weighted by atomic mass is 16.1. The van der Waals surface area contributed by atoms with Gasteiger partial charge in [-0.2, -0.15) is 0 Å². The van der Waals surface area contributed by atoms with E-state index in [4.69, 9.17) is 0 Å². The molecule has 5 nitrogen and oxygen atoms in total. The van der Waals surface area contributed by atoms with Crippen LogP contribution >= 0.6 is 0 Å². The Morgan fingerprint density at radius 2 is 2.47 bits per heavy atom. The van der Waals surface area contributed by atoms with Gasteiger partial charge in [0.15, 0.2) is 0 Å². The van der Waals surface area contributed by atoms with Gasteiger partial charge in [0.1, 0.15) is 0 Å². The molecule has 0 aromatic carbocycles. The van der Waals surface area contributed by atoms with Crippen molar-refractivity contribution in [2.75, 3.05) is 13.1 Å². The van der Waals surface area contributed by atoms with Gasteiger partial charge >= 0.3 is 0 Å². The number of hydrogen-bond acceptors (Lipinski definition) is 3. The molecule has 0 bridgehead atoms. The number of imidazole rings is 1. The minimum Gasteiger partial charge on any atom is -0.321 e. The number of aromatic amines is 1. The first-order valence-electron chi connectivity index (χ1n) is 5.11. The van der Waals surface area contributed by atoms with E-state index in [0.29, 0.717) is 11.6 Å². The van der Waals surface area contributed by atoms with Crippen molar-refractivity contribution < 1.29 is 0 Å². The predicted molar refractivity (Wildman–Crippen MR) is 56.0 cm³/mol. The van der Waals surface area contributed by atoms with Gasteiger partial charge in [0.25, 0.3) is 5.56 Å². The van der Waals surface area contributed by atoms with Crippen LogP contribution in [0.2, 0.25) is 0 Å². The summed E-state index contributed by atoms with van der Waals surface area (Å²) >= 11 is 0. The SMILES string of the molecule is O=c1[nH]c(C2CCNC2)cn2ccnc12. The third-order valence-corrected chi connectivity index (χ3v) is 2.91. The van der Waals surface area contributed by atoms with E-state index in [1.54, 1.807) is 16.8 Å². The lowest BCUT2D eigenvalue weighted by Crippen LogP contribution is -2.16. The van der Waals surface area contributed by atoms with Gasteiger partial charge in [-0.1, -0.05) is 0 Å². The number of hydrogen-bond donors (Lipinski definition) is 2. The van der Waals surface area contributed by atoms with Crippen LogP contribution in [0.25, 0.3) is 5.65 Å². The molecule has 5 heteroatoms. The Kier molecular flexibility index (Phi) is 1.85. The topological polar surface area (TPSA) is 62.2 Å². The Labute approximate surface area is 86.2 Å². The zero-order valence-electron chi connectivity index (χ0n) is 8.23. The van der Waals surface area contributed by atoms with Gasteiger partial charge in [0, 0.05) is 36.7 Å². The molecule has 1 unspecified atom stereocenters. The van der Waals surface area contributed by atoms with Gasteiger partial charge in [-0.25, -0.2) is 4.98 Å². The summed E-state index contributed by atoms with van der Waals surface area (Å²) in [6.45, 7) is 1.96. The molecule has 2 N–H and O–H groups in total. The first-order valence-corrected chi connectivity index (χ1v) is 5.11. The molecule has 3 rings (SSSR count). The van der Waals surface area contributed by atoms with Gasteiger partial charge in [0.05, 0.1) is 0 Å². The number of aromatic nitrogens is 3. The number of fused-ring (bicyclic) bond motifs is 1. The molecule has 0 radical (unpaired) electrons. The van der Waals surface area contributed by atoms with Crippen molar-refractivity contribution >= 4 is 5.65 Å². The van der Waals surface area contributed by atoms with Crippen LogP contribution in [0.1, 0.15) is 18.0 Å². The zero-order chi connectivity index (χ0) is 10.3. The van der Waals surface area contributed by atoms with Crippen LogP contribution in [0.5, 0.6) is 0 Å².